The van der Waals surface area contributed by atoms with Gasteiger partial charge in [0.25, 0.3) is 5.91 Å². The Labute approximate surface area is 149 Å². The van der Waals surface area contributed by atoms with Crippen molar-refractivity contribution in [3.63, 3.8) is 0 Å². The minimum atomic E-state index is 0.0698. The minimum absolute atomic E-state index is 0.0698. The fourth-order valence-electron chi connectivity index (χ4n) is 3.35. The molecule has 1 amide bonds. The maximum atomic E-state index is 13.2. The zero-order valence-corrected chi connectivity index (χ0v) is 15.1. The molecule has 1 aromatic carbocycles. The number of hydrogen-bond donors (Lipinski definition) is 0. The molecule has 0 unspecified atom stereocenters. The Bertz CT molecular complexity index is 709. The van der Waals surface area contributed by atoms with E-state index in [1.54, 1.807) is 0 Å². The smallest absolute Gasteiger partial charge is 0.256 e. The van der Waals surface area contributed by atoms with Gasteiger partial charge in [-0.1, -0.05) is 30.3 Å². The van der Waals surface area contributed by atoms with E-state index in [0.29, 0.717) is 18.0 Å². The maximum absolute atomic E-state index is 13.2. The molecule has 0 spiro atoms. The third-order valence-electron chi connectivity index (χ3n) is 4.78. The van der Waals surface area contributed by atoms with E-state index in [0.717, 1.165) is 49.6 Å². The number of carbonyl (C=O) groups is 1. The molecule has 0 bridgehead atoms. The first-order chi connectivity index (χ1) is 12.1. The number of aryl methyl sites for hydroxylation is 2. The van der Waals surface area contributed by atoms with Crippen molar-refractivity contribution < 1.29 is 9.53 Å². The summed E-state index contributed by atoms with van der Waals surface area (Å²) in [5.41, 5.74) is 3.59. The van der Waals surface area contributed by atoms with Crippen molar-refractivity contribution in [2.24, 2.45) is 5.92 Å². The zero-order valence-electron chi connectivity index (χ0n) is 15.1. The molecule has 1 aromatic heterocycles. The van der Waals surface area contributed by atoms with Crippen molar-refractivity contribution in [1.29, 1.82) is 0 Å². The Morgan fingerprint density at radius 3 is 2.52 bits per heavy atom. The largest absolute Gasteiger partial charge is 0.381 e. The van der Waals surface area contributed by atoms with Gasteiger partial charge in [-0.05, 0) is 50.3 Å². The third-order valence-corrected chi connectivity index (χ3v) is 4.78. The number of aromatic nitrogens is 1. The van der Waals surface area contributed by atoms with Gasteiger partial charge in [0.2, 0.25) is 0 Å². The van der Waals surface area contributed by atoms with Gasteiger partial charge in [-0.3, -0.25) is 9.78 Å². The number of benzene rings is 1. The molecule has 1 aliphatic heterocycles. The van der Waals surface area contributed by atoms with Crippen LogP contribution < -0.4 is 0 Å². The molecule has 2 aromatic rings. The topological polar surface area (TPSA) is 42.4 Å². The molecule has 0 aliphatic carbocycles. The van der Waals surface area contributed by atoms with Gasteiger partial charge in [-0.15, -0.1) is 0 Å². The summed E-state index contributed by atoms with van der Waals surface area (Å²) in [4.78, 5) is 19.6. The molecule has 1 saturated heterocycles. The second-order valence-electron chi connectivity index (χ2n) is 6.81. The summed E-state index contributed by atoms with van der Waals surface area (Å²) < 4.78 is 5.46. The second-order valence-corrected chi connectivity index (χ2v) is 6.81. The predicted molar refractivity (Wildman–Crippen MR) is 98.4 cm³/mol. The highest BCUT2D eigenvalue weighted by Crippen LogP contribution is 2.20. The fourth-order valence-corrected chi connectivity index (χ4v) is 3.35. The number of pyridine rings is 1. The molecular weight excluding hydrogens is 312 g/mol. The number of amides is 1. The van der Waals surface area contributed by atoms with Gasteiger partial charge in [0.1, 0.15) is 0 Å². The molecule has 0 N–H and O–H groups in total. The van der Waals surface area contributed by atoms with Crippen molar-refractivity contribution in [1.82, 2.24) is 9.88 Å². The van der Waals surface area contributed by atoms with Crippen LogP contribution in [0.2, 0.25) is 0 Å². The van der Waals surface area contributed by atoms with Gasteiger partial charge < -0.3 is 9.64 Å². The number of carbonyl (C=O) groups excluding carboxylic acids is 1. The highest BCUT2D eigenvalue weighted by atomic mass is 16.5. The Balaban J connectivity index is 1.82. The first-order valence-corrected chi connectivity index (χ1v) is 8.98. The molecule has 2 heterocycles. The van der Waals surface area contributed by atoms with Crippen molar-refractivity contribution in [2.45, 2.75) is 33.2 Å². The molecule has 0 saturated carbocycles. The number of nitrogens with zero attached hydrogens (tertiary/aromatic N) is 2. The van der Waals surface area contributed by atoms with Gasteiger partial charge in [0.15, 0.2) is 0 Å². The lowest BCUT2D eigenvalue weighted by atomic mass is 9.98. The SMILES string of the molecule is Cc1ccc(C(=O)N(Cc2ccccc2)CC2CCOCC2)c(C)n1. The summed E-state index contributed by atoms with van der Waals surface area (Å²) in [7, 11) is 0. The van der Waals surface area contributed by atoms with Gasteiger partial charge in [-0.2, -0.15) is 0 Å². The first kappa shape index (κ1) is 17.6. The molecule has 3 rings (SSSR count). The lowest BCUT2D eigenvalue weighted by Crippen LogP contribution is -2.37. The first-order valence-electron chi connectivity index (χ1n) is 8.98. The quantitative estimate of drug-likeness (QED) is 0.833. The molecule has 1 fully saturated rings. The molecule has 1 aliphatic rings. The van der Waals surface area contributed by atoms with Crippen LogP contribution in [0.15, 0.2) is 42.5 Å². The molecule has 132 valence electrons. The van der Waals surface area contributed by atoms with Crippen molar-refractivity contribution >= 4 is 5.91 Å². The average Bonchev–Trinajstić information content (AvgIpc) is 2.62. The summed E-state index contributed by atoms with van der Waals surface area (Å²) in [6.07, 6.45) is 2.04. The van der Waals surface area contributed by atoms with Crippen LogP contribution >= 0.6 is 0 Å². The normalized spacial score (nSPS) is 15.1. The van der Waals surface area contributed by atoms with E-state index in [9.17, 15) is 4.79 Å². The molecular formula is C21H26N2O2. The number of rotatable bonds is 5. The van der Waals surface area contributed by atoms with Crippen LogP contribution in [0.25, 0.3) is 0 Å². The van der Waals surface area contributed by atoms with Crippen molar-refractivity contribution in [3.05, 3.63) is 65.0 Å². The Hall–Kier alpha value is -2.20. The summed E-state index contributed by atoms with van der Waals surface area (Å²) >= 11 is 0. The predicted octanol–water partition coefficient (Wildman–Crippen LogP) is 3.77. The van der Waals surface area contributed by atoms with Gasteiger partial charge in [-0.25, -0.2) is 0 Å². The summed E-state index contributed by atoms with van der Waals surface area (Å²) in [5.74, 6) is 0.570. The number of ether oxygens (including phenoxy) is 1. The lowest BCUT2D eigenvalue weighted by Gasteiger charge is -2.30. The molecule has 25 heavy (non-hydrogen) atoms. The van der Waals surface area contributed by atoms with Crippen molar-refractivity contribution in [2.75, 3.05) is 19.8 Å². The second kappa shape index (κ2) is 8.26. The lowest BCUT2D eigenvalue weighted by molar-refractivity contribution is 0.0445. The van der Waals surface area contributed by atoms with E-state index in [1.807, 2.05) is 49.1 Å². The highest BCUT2D eigenvalue weighted by Gasteiger charge is 2.23. The molecule has 4 nitrogen and oxygen atoms in total. The average molecular weight is 338 g/mol. The van der Waals surface area contributed by atoms with Crippen LogP contribution in [0.3, 0.4) is 0 Å². The Morgan fingerprint density at radius 1 is 1.12 bits per heavy atom. The molecule has 0 atom stereocenters. The van der Waals surface area contributed by atoms with Crippen molar-refractivity contribution in [3.8, 4) is 0 Å². The van der Waals surface area contributed by atoms with E-state index in [-0.39, 0.29) is 5.91 Å². The van der Waals surface area contributed by atoms with Crippen LogP contribution in [0.5, 0.6) is 0 Å². The van der Waals surface area contributed by atoms with E-state index >= 15 is 0 Å². The standard InChI is InChI=1S/C21H26N2O2/c1-16-8-9-20(17(2)22-16)21(24)23(14-18-6-4-3-5-7-18)15-19-10-12-25-13-11-19/h3-9,19H,10-15H2,1-2H3. The van der Waals surface area contributed by atoms with Crippen LogP contribution in [-0.2, 0) is 11.3 Å². The number of hydrogen-bond acceptors (Lipinski definition) is 3. The van der Waals surface area contributed by atoms with Crippen LogP contribution in [0, 0.1) is 19.8 Å². The highest BCUT2D eigenvalue weighted by molar-refractivity contribution is 5.95. The third kappa shape index (κ3) is 4.67. The maximum Gasteiger partial charge on any atom is 0.256 e. The van der Waals surface area contributed by atoms with Gasteiger partial charge >= 0.3 is 0 Å². The van der Waals surface area contributed by atoms with E-state index in [4.69, 9.17) is 4.74 Å². The zero-order chi connectivity index (χ0) is 17.6. The summed E-state index contributed by atoms with van der Waals surface area (Å²) in [6, 6.07) is 14.0. The Morgan fingerprint density at radius 2 is 1.84 bits per heavy atom. The molecule has 0 radical (unpaired) electrons. The van der Waals surface area contributed by atoms with Crippen LogP contribution in [0.4, 0.5) is 0 Å². The van der Waals surface area contributed by atoms with Gasteiger partial charge in [0.05, 0.1) is 11.3 Å². The van der Waals surface area contributed by atoms with E-state index in [1.165, 1.54) is 0 Å². The van der Waals surface area contributed by atoms with Crippen LogP contribution in [-0.4, -0.2) is 35.5 Å². The minimum Gasteiger partial charge on any atom is -0.381 e. The summed E-state index contributed by atoms with van der Waals surface area (Å²) in [5, 5.41) is 0. The van der Waals surface area contributed by atoms with Crippen LogP contribution in [0.1, 0.15) is 40.2 Å². The monoisotopic (exact) mass is 338 g/mol. The summed E-state index contributed by atoms with van der Waals surface area (Å²) in [6.45, 7) is 6.85. The van der Waals surface area contributed by atoms with Gasteiger partial charge in [0, 0.05) is 32.0 Å². The fraction of sp³-hybridized carbons (Fsp3) is 0.429. The molecule has 4 heteroatoms. The van der Waals surface area contributed by atoms with E-state index in [2.05, 4.69) is 17.1 Å². The Kier molecular flexibility index (Phi) is 5.82. The van der Waals surface area contributed by atoms with E-state index < -0.39 is 0 Å².